The van der Waals surface area contributed by atoms with Crippen LogP contribution < -0.4 is 5.32 Å². The molecule has 0 saturated carbocycles. The van der Waals surface area contributed by atoms with E-state index < -0.39 is 27.6 Å². The summed E-state index contributed by atoms with van der Waals surface area (Å²) in [6, 6.07) is 8.41. The first kappa shape index (κ1) is 19.4. The van der Waals surface area contributed by atoms with Crippen LogP contribution in [0.5, 0.6) is 0 Å². The van der Waals surface area contributed by atoms with Crippen molar-refractivity contribution in [1.82, 2.24) is 4.31 Å². The smallest absolute Gasteiger partial charge is 0.255 e. The summed E-state index contributed by atoms with van der Waals surface area (Å²) >= 11 is 0. The highest BCUT2D eigenvalue weighted by molar-refractivity contribution is 7.89. The predicted molar refractivity (Wildman–Crippen MR) is 97.9 cm³/mol. The van der Waals surface area contributed by atoms with Crippen molar-refractivity contribution < 1.29 is 22.0 Å². The van der Waals surface area contributed by atoms with Gasteiger partial charge < -0.3 is 5.32 Å². The number of anilines is 1. The lowest BCUT2D eigenvalue weighted by Gasteiger charge is -2.30. The molecular formula is C19H20F2N2O3S. The van der Waals surface area contributed by atoms with E-state index in [1.165, 1.54) is 28.6 Å². The maximum absolute atomic E-state index is 13.7. The summed E-state index contributed by atoms with van der Waals surface area (Å²) in [7, 11) is -3.71. The predicted octanol–water partition coefficient (Wildman–Crippen LogP) is 3.64. The number of rotatable bonds is 4. The van der Waals surface area contributed by atoms with E-state index in [0.717, 1.165) is 25.0 Å². The molecule has 1 atom stereocenters. The van der Waals surface area contributed by atoms with Crippen molar-refractivity contribution >= 4 is 21.6 Å². The Morgan fingerprint density at radius 2 is 1.96 bits per heavy atom. The molecule has 2 aromatic carbocycles. The molecule has 1 aliphatic rings. The van der Waals surface area contributed by atoms with E-state index in [2.05, 4.69) is 5.32 Å². The van der Waals surface area contributed by atoms with Gasteiger partial charge in [0.2, 0.25) is 10.0 Å². The van der Waals surface area contributed by atoms with Gasteiger partial charge in [0.05, 0.1) is 10.6 Å². The monoisotopic (exact) mass is 394 g/mol. The van der Waals surface area contributed by atoms with Crippen LogP contribution in [-0.2, 0) is 10.0 Å². The summed E-state index contributed by atoms with van der Waals surface area (Å²) in [6.07, 6.45) is 1.78. The van der Waals surface area contributed by atoms with Crippen molar-refractivity contribution in [2.75, 3.05) is 18.4 Å². The van der Waals surface area contributed by atoms with E-state index >= 15 is 0 Å². The Hall–Kier alpha value is -2.32. The van der Waals surface area contributed by atoms with Crippen LogP contribution in [0.1, 0.15) is 30.1 Å². The third kappa shape index (κ3) is 4.33. The topological polar surface area (TPSA) is 66.5 Å². The Balaban J connectivity index is 1.83. The van der Waals surface area contributed by atoms with Gasteiger partial charge in [0, 0.05) is 24.7 Å². The maximum Gasteiger partial charge on any atom is 0.255 e. The average Bonchev–Trinajstić information content (AvgIpc) is 2.64. The molecule has 8 heteroatoms. The molecule has 2 aromatic rings. The van der Waals surface area contributed by atoms with Crippen LogP contribution >= 0.6 is 0 Å². The molecule has 1 aliphatic heterocycles. The average molecular weight is 394 g/mol. The molecule has 3 rings (SSSR count). The van der Waals surface area contributed by atoms with Crippen LogP contribution in [0.4, 0.5) is 14.5 Å². The molecule has 1 N–H and O–H groups in total. The van der Waals surface area contributed by atoms with Gasteiger partial charge in [0.25, 0.3) is 5.91 Å². The third-order valence-corrected chi connectivity index (χ3v) is 6.39. The zero-order valence-corrected chi connectivity index (χ0v) is 15.6. The van der Waals surface area contributed by atoms with E-state index in [9.17, 15) is 22.0 Å². The van der Waals surface area contributed by atoms with Crippen molar-refractivity contribution in [2.24, 2.45) is 5.92 Å². The van der Waals surface area contributed by atoms with E-state index in [4.69, 9.17) is 0 Å². The molecule has 0 aromatic heterocycles. The summed E-state index contributed by atoms with van der Waals surface area (Å²) in [4.78, 5) is 12.4. The molecule has 0 bridgehead atoms. The van der Waals surface area contributed by atoms with Gasteiger partial charge in [0.1, 0.15) is 11.6 Å². The van der Waals surface area contributed by atoms with Crippen molar-refractivity contribution in [1.29, 1.82) is 0 Å². The van der Waals surface area contributed by atoms with E-state index in [1.807, 2.05) is 6.92 Å². The van der Waals surface area contributed by atoms with Gasteiger partial charge in [-0.2, -0.15) is 4.31 Å². The number of hydrogen-bond acceptors (Lipinski definition) is 3. The summed E-state index contributed by atoms with van der Waals surface area (Å²) < 4.78 is 53.8. The molecule has 1 fully saturated rings. The molecule has 0 radical (unpaired) electrons. The SMILES string of the molecule is CC1CCCN(S(=O)(=O)c2cccc(C(=O)Nc3ccc(F)cc3F)c2)C1. The number of hydrogen-bond donors (Lipinski definition) is 1. The van der Waals surface area contributed by atoms with E-state index in [1.54, 1.807) is 0 Å². The van der Waals surface area contributed by atoms with Crippen molar-refractivity contribution in [3.8, 4) is 0 Å². The number of benzene rings is 2. The maximum atomic E-state index is 13.7. The minimum atomic E-state index is -3.71. The minimum Gasteiger partial charge on any atom is -0.319 e. The Morgan fingerprint density at radius 3 is 2.67 bits per heavy atom. The third-order valence-electron chi connectivity index (χ3n) is 4.53. The molecule has 1 heterocycles. The normalized spacial score (nSPS) is 18.3. The van der Waals surface area contributed by atoms with Gasteiger partial charge in [-0.15, -0.1) is 0 Å². The quantitative estimate of drug-likeness (QED) is 0.861. The van der Waals surface area contributed by atoms with Gasteiger partial charge in [-0.3, -0.25) is 4.79 Å². The summed E-state index contributed by atoms with van der Waals surface area (Å²) in [6.45, 7) is 2.90. The molecule has 1 saturated heterocycles. The summed E-state index contributed by atoms with van der Waals surface area (Å²) in [5.74, 6) is -2.06. The lowest BCUT2D eigenvalue weighted by molar-refractivity contribution is 0.102. The number of piperidine rings is 1. The van der Waals surface area contributed by atoms with Gasteiger partial charge in [-0.05, 0) is 49.1 Å². The summed E-state index contributed by atoms with van der Waals surface area (Å²) in [5, 5.41) is 2.33. The number of nitrogens with zero attached hydrogens (tertiary/aromatic N) is 1. The second kappa shape index (κ2) is 7.74. The first-order chi connectivity index (χ1) is 12.8. The summed E-state index contributed by atoms with van der Waals surface area (Å²) in [5.41, 5.74) is -0.107. The van der Waals surface area contributed by atoms with Crippen molar-refractivity contribution in [3.63, 3.8) is 0 Å². The number of carbonyl (C=O) groups is 1. The van der Waals surface area contributed by atoms with Crippen molar-refractivity contribution in [2.45, 2.75) is 24.7 Å². The fourth-order valence-corrected chi connectivity index (χ4v) is 4.74. The van der Waals surface area contributed by atoms with Crippen LogP contribution in [-0.4, -0.2) is 31.7 Å². The Bertz CT molecular complexity index is 963. The number of amides is 1. The minimum absolute atomic E-state index is 0.0174. The second-order valence-electron chi connectivity index (χ2n) is 6.72. The highest BCUT2D eigenvalue weighted by atomic mass is 32.2. The van der Waals surface area contributed by atoms with Crippen LogP contribution in [0.2, 0.25) is 0 Å². The number of halogens is 2. The van der Waals surface area contributed by atoms with Crippen LogP contribution in [0.15, 0.2) is 47.4 Å². The molecule has 0 spiro atoms. The molecule has 144 valence electrons. The highest BCUT2D eigenvalue weighted by Gasteiger charge is 2.29. The van der Waals surface area contributed by atoms with Gasteiger partial charge in [-0.25, -0.2) is 17.2 Å². The lowest BCUT2D eigenvalue weighted by atomic mass is 10.0. The first-order valence-corrected chi connectivity index (χ1v) is 10.1. The second-order valence-corrected chi connectivity index (χ2v) is 8.65. The zero-order chi connectivity index (χ0) is 19.6. The Labute approximate surface area is 157 Å². The largest absolute Gasteiger partial charge is 0.319 e. The van der Waals surface area contributed by atoms with E-state index in [-0.39, 0.29) is 22.1 Å². The Kier molecular flexibility index (Phi) is 5.57. The molecule has 5 nitrogen and oxygen atoms in total. The van der Waals surface area contributed by atoms with Crippen LogP contribution in [0, 0.1) is 17.6 Å². The Morgan fingerprint density at radius 1 is 1.19 bits per heavy atom. The fourth-order valence-electron chi connectivity index (χ4n) is 3.10. The van der Waals surface area contributed by atoms with Crippen LogP contribution in [0.25, 0.3) is 0 Å². The zero-order valence-electron chi connectivity index (χ0n) is 14.8. The fraction of sp³-hybridized carbons (Fsp3) is 0.316. The lowest BCUT2D eigenvalue weighted by Crippen LogP contribution is -2.39. The standard InChI is InChI=1S/C19H20F2N2O3S/c1-13-4-3-9-23(12-13)27(25,26)16-6-2-5-14(10-16)19(24)22-18-8-7-15(20)11-17(18)21/h2,5-8,10-11,13H,3-4,9,12H2,1H3,(H,22,24). The van der Waals surface area contributed by atoms with E-state index in [0.29, 0.717) is 19.2 Å². The van der Waals surface area contributed by atoms with Gasteiger partial charge >= 0.3 is 0 Å². The highest BCUT2D eigenvalue weighted by Crippen LogP contribution is 2.24. The van der Waals surface area contributed by atoms with Crippen LogP contribution in [0.3, 0.4) is 0 Å². The molecule has 0 aliphatic carbocycles. The number of nitrogens with one attached hydrogen (secondary N) is 1. The van der Waals surface area contributed by atoms with Crippen molar-refractivity contribution in [3.05, 3.63) is 59.7 Å². The molecular weight excluding hydrogens is 374 g/mol. The molecule has 1 amide bonds. The number of carbonyl (C=O) groups excluding carboxylic acids is 1. The molecule has 27 heavy (non-hydrogen) atoms. The first-order valence-electron chi connectivity index (χ1n) is 8.64. The van der Waals surface area contributed by atoms with Gasteiger partial charge in [-0.1, -0.05) is 13.0 Å². The molecule has 1 unspecified atom stereocenters. The van der Waals surface area contributed by atoms with Gasteiger partial charge in [0.15, 0.2) is 0 Å². The number of sulfonamides is 1.